The first-order chi connectivity index (χ1) is 12.4. The van der Waals surface area contributed by atoms with E-state index in [9.17, 15) is 9.18 Å². The molecule has 1 N–H and O–H groups in total. The van der Waals surface area contributed by atoms with Gasteiger partial charge in [-0.2, -0.15) is 0 Å². The number of rotatable bonds is 5. The maximum absolute atomic E-state index is 14.2. The molecule has 4 nitrogen and oxygen atoms in total. The van der Waals surface area contributed by atoms with E-state index >= 15 is 0 Å². The predicted octanol–water partition coefficient (Wildman–Crippen LogP) is 3.99. The molecule has 1 heterocycles. The van der Waals surface area contributed by atoms with Gasteiger partial charge in [0, 0.05) is 19.9 Å². The second-order valence-corrected chi connectivity index (χ2v) is 6.92. The van der Waals surface area contributed by atoms with Crippen LogP contribution in [-0.2, 0) is 4.79 Å². The Balaban J connectivity index is 1.59. The third kappa shape index (κ3) is 4.34. The van der Waals surface area contributed by atoms with Crippen molar-refractivity contribution in [2.75, 3.05) is 18.0 Å². The Kier molecular flexibility index (Phi) is 5.45. The van der Waals surface area contributed by atoms with Crippen LogP contribution in [0.2, 0.25) is 0 Å². The number of aryl methyl sites for hydroxylation is 1. The molecule has 1 saturated heterocycles. The summed E-state index contributed by atoms with van der Waals surface area (Å²) in [4.78, 5) is 13.2. The monoisotopic (exact) mass is 356 g/mol. The van der Waals surface area contributed by atoms with Gasteiger partial charge >= 0.3 is 0 Å². The summed E-state index contributed by atoms with van der Waals surface area (Å²) in [5.41, 5.74) is 2.59. The molecule has 0 bridgehead atoms. The van der Waals surface area contributed by atoms with Gasteiger partial charge in [0.2, 0.25) is 5.91 Å². The predicted molar refractivity (Wildman–Crippen MR) is 101 cm³/mol. The first-order valence-electron chi connectivity index (χ1n) is 8.97. The third-order valence-corrected chi connectivity index (χ3v) is 4.69. The Bertz CT molecular complexity index is 776. The van der Waals surface area contributed by atoms with Crippen molar-refractivity contribution in [1.29, 1.82) is 0 Å². The summed E-state index contributed by atoms with van der Waals surface area (Å²) in [6, 6.07) is 13.1. The van der Waals surface area contributed by atoms with Crippen LogP contribution in [0.5, 0.6) is 5.75 Å². The molecule has 26 heavy (non-hydrogen) atoms. The number of benzene rings is 2. The third-order valence-electron chi connectivity index (χ3n) is 4.69. The fourth-order valence-electron chi connectivity index (χ4n) is 3.33. The number of anilines is 1. The highest BCUT2D eigenvalue weighted by Gasteiger charge is 2.26. The van der Waals surface area contributed by atoms with E-state index in [-0.39, 0.29) is 23.9 Å². The number of ether oxygens (including phenoxy) is 1. The molecule has 1 amide bonds. The molecule has 0 saturated carbocycles. The summed E-state index contributed by atoms with van der Waals surface area (Å²) in [5, 5.41) is 2.86. The number of carbonyl (C=O) groups excluding carboxylic acids is 1. The van der Waals surface area contributed by atoms with Crippen molar-refractivity contribution >= 4 is 11.6 Å². The summed E-state index contributed by atoms with van der Waals surface area (Å²) >= 11 is 0. The van der Waals surface area contributed by atoms with Crippen LogP contribution in [0.25, 0.3) is 0 Å². The molecule has 5 heteroatoms. The van der Waals surface area contributed by atoms with Gasteiger partial charge < -0.3 is 15.0 Å². The summed E-state index contributed by atoms with van der Waals surface area (Å²) in [6.45, 7) is 6.80. The molecule has 2 aromatic rings. The first kappa shape index (κ1) is 18.2. The topological polar surface area (TPSA) is 41.6 Å². The lowest BCUT2D eigenvalue weighted by Crippen LogP contribution is -2.25. The van der Waals surface area contributed by atoms with Crippen molar-refractivity contribution < 1.29 is 13.9 Å². The number of hydrogen-bond acceptors (Lipinski definition) is 3. The summed E-state index contributed by atoms with van der Waals surface area (Å²) in [6.07, 6.45) is 0.895. The Labute approximate surface area is 154 Å². The van der Waals surface area contributed by atoms with Gasteiger partial charge in [0.25, 0.3) is 0 Å². The van der Waals surface area contributed by atoms with E-state index in [4.69, 9.17) is 4.74 Å². The van der Waals surface area contributed by atoms with Crippen molar-refractivity contribution in [3.63, 3.8) is 0 Å². The molecule has 0 radical (unpaired) electrons. The molecule has 2 atom stereocenters. The fourth-order valence-corrected chi connectivity index (χ4v) is 3.33. The standard InChI is InChI=1S/C21H25FN2O2/c1-14-4-9-21(20(22)12-14)24-11-10-19(13-24)26-18-7-5-17(6-8-18)15(2)23-16(3)25/h4-9,12,15,19H,10-11,13H2,1-3H3,(H,23,25)/t15-,19+/m0/s1. The smallest absolute Gasteiger partial charge is 0.217 e. The van der Waals surface area contributed by atoms with Crippen LogP contribution in [0.3, 0.4) is 0 Å². The highest BCUT2D eigenvalue weighted by atomic mass is 19.1. The second kappa shape index (κ2) is 7.77. The molecule has 0 spiro atoms. The molecule has 138 valence electrons. The zero-order valence-electron chi connectivity index (χ0n) is 15.5. The van der Waals surface area contributed by atoms with Gasteiger partial charge in [-0.1, -0.05) is 18.2 Å². The Morgan fingerprint density at radius 3 is 2.65 bits per heavy atom. The lowest BCUT2D eigenvalue weighted by Gasteiger charge is -2.20. The number of halogens is 1. The highest BCUT2D eigenvalue weighted by Crippen LogP contribution is 2.27. The van der Waals surface area contributed by atoms with Crippen LogP contribution in [-0.4, -0.2) is 25.1 Å². The van der Waals surface area contributed by atoms with Crippen LogP contribution in [0, 0.1) is 12.7 Å². The van der Waals surface area contributed by atoms with Crippen LogP contribution >= 0.6 is 0 Å². The molecule has 1 aliphatic rings. The fraction of sp³-hybridized carbons (Fsp3) is 0.381. The number of carbonyl (C=O) groups is 1. The van der Waals surface area contributed by atoms with Crippen molar-refractivity contribution in [2.45, 2.75) is 39.3 Å². The van der Waals surface area contributed by atoms with Gasteiger partial charge in [0.1, 0.15) is 17.7 Å². The number of amides is 1. The molecule has 0 unspecified atom stereocenters. The molecule has 2 aromatic carbocycles. The van der Waals surface area contributed by atoms with Crippen molar-refractivity contribution in [2.24, 2.45) is 0 Å². The molecular formula is C21H25FN2O2. The largest absolute Gasteiger partial charge is 0.489 e. The van der Waals surface area contributed by atoms with Crippen LogP contribution in [0.4, 0.5) is 10.1 Å². The minimum absolute atomic E-state index is 0.0342. The molecule has 1 aliphatic heterocycles. The second-order valence-electron chi connectivity index (χ2n) is 6.92. The molecule has 1 fully saturated rings. The first-order valence-corrected chi connectivity index (χ1v) is 8.97. The lowest BCUT2D eigenvalue weighted by atomic mass is 10.1. The molecule has 0 aliphatic carbocycles. The molecule has 0 aromatic heterocycles. The van der Waals surface area contributed by atoms with Crippen LogP contribution in [0.15, 0.2) is 42.5 Å². The number of hydrogen-bond donors (Lipinski definition) is 1. The van der Waals surface area contributed by atoms with Gasteiger partial charge in [-0.05, 0) is 49.2 Å². The highest BCUT2D eigenvalue weighted by molar-refractivity contribution is 5.73. The van der Waals surface area contributed by atoms with E-state index in [0.29, 0.717) is 12.2 Å². The van der Waals surface area contributed by atoms with Gasteiger partial charge in [-0.25, -0.2) is 4.39 Å². The van der Waals surface area contributed by atoms with Crippen LogP contribution in [0.1, 0.15) is 37.4 Å². The quantitative estimate of drug-likeness (QED) is 0.881. The summed E-state index contributed by atoms with van der Waals surface area (Å²) < 4.78 is 20.2. The Morgan fingerprint density at radius 2 is 2.00 bits per heavy atom. The maximum Gasteiger partial charge on any atom is 0.217 e. The normalized spacial score (nSPS) is 17.8. The average molecular weight is 356 g/mol. The minimum Gasteiger partial charge on any atom is -0.489 e. The van der Waals surface area contributed by atoms with E-state index in [1.165, 1.54) is 6.92 Å². The van der Waals surface area contributed by atoms with E-state index in [0.717, 1.165) is 29.8 Å². The summed E-state index contributed by atoms with van der Waals surface area (Å²) in [5.74, 6) is 0.564. The average Bonchev–Trinajstić information content (AvgIpc) is 3.03. The van der Waals surface area contributed by atoms with Crippen molar-refractivity contribution in [3.8, 4) is 5.75 Å². The Hall–Kier alpha value is -2.56. The number of nitrogens with one attached hydrogen (secondary N) is 1. The molecular weight excluding hydrogens is 331 g/mol. The van der Waals surface area contributed by atoms with Gasteiger partial charge in [-0.3, -0.25) is 4.79 Å². The SMILES string of the molecule is CC(=O)N[C@@H](C)c1ccc(O[C@@H]2CCN(c3ccc(C)cc3F)C2)cc1. The van der Waals surface area contributed by atoms with E-state index in [2.05, 4.69) is 5.32 Å². The lowest BCUT2D eigenvalue weighted by molar-refractivity contribution is -0.119. The van der Waals surface area contributed by atoms with E-state index in [1.807, 2.05) is 55.1 Å². The summed E-state index contributed by atoms with van der Waals surface area (Å²) in [7, 11) is 0. The van der Waals surface area contributed by atoms with E-state index in [1.54, 1.807) is 6.07 Å². The van der Waals surface area contributed by atoms with Crippen molar-refractivity contribution in [1.82, 2.24) is 5.32 Å². The van der Waals surface area contributed by atoms with E-state index < -0.39 is 0 Å². The Morgan fingerprint density at radius 1 is 1.27 bits per heavy atom. The molecule has 3 rings (SSSR count). The minimum atomic E-state index is -0.179. The zero-order chi connectivity index (χ0) is 18.7. The van der Waals surface area contributed by atoms with Crippen molar-refractivity contribution in [3.05, 3.63) is 59.4 Å². The van der Waals surface area contributed by atoms with Gasteiger partial charge in [0.05, 0.1) is 18.3 Å². The number of nitrogens with zero attached hydrogens (tertiary/aromatic N) is 1. The van der Waals surface area contributed by atoms with Gasteiger partial charge in [-0.15, -0.1) is 0 Å². The zero-order valence-corrected chi connectivity index (χ0v) is 15.5. The maximum atomic E-state index is 14.2. The van der Waals surface area contributed by atoms with Gasteiger partial charge in [0.15, 0.2) is 0 Å². The van der Waals surface area contributed by atoms with Crippen LogP contribution < -0.4 is 15.0 Å².